The van der Waals surface area contributed by atoms with Crippen molar-refractivity contribution in [2.45, 2.75) is 20.8 Å². The van der Waals surface area contributed by atoms with Gasteiger partial charge in [-0.1, -0.05) is 24.3 Å². The monoisotopic (exact) mass is 279 g/mol. The Labute approximate surface area is 123 Å². The van der Waals surface area contributed by atoms with E-state index in [0.717, 1.165) is 28.1 Å². The highest BCUT2D eigenvalue weighted by Crippen LogP contribution is 2.25. The summed E-state index contributed by atoms with van der Waals surface area (Å²) in [5.74, 6) is 0.690. The largest absolute Gasteiger partial charge is 0.398 e. The maximum atomic E-state index is 5.99. The number of aromatic nitrogens is 4. The topological polar surface area (TPSA) is 69.6 Å². The number of nitrogens with zero attached hydrogens (tertiary/aromatic N) is 4. The van der Waals surface area contributed by atoms with Crippen molar-refractivity contribution in [2.75, 3.05) is 5.73 Å². The van der Waals surface area contributed by atoms with Gasteiger partial charge in [0.25, 0.3) is 0 Å². The van der Waals surface area contributed by atoms with Crippen LogP contribution in [0, 0.1) is 20.8 Å². The van der Waals surface area contributed by atoms with Crippen LogP contribution in [0.4, 0.5) is 5.69 Å². The molecule has 0 aliphatic rings. The molecule has 0 spiro atoms. The average Bonchev–Trinajstić information content (AvgIpc) is 2.93. The van der Waals surface area contributed by atoms with Crippen LogP contribution in [-0.2, 0) is 0 Å². The van der Waals surface area contributed by atoms with Crippen molar-refractivity contribution >= 4 is 5.69 Å². The molecule has 0 aliphatic carbocycles. The first-order chi connectivity index (χ1) is 10.1. The summed E-state index contributed by atoms with van der Waals surface area (Å²) in [5, 5.41) is 12.1. The summed E-state index contributed by atoms with van der Waals surface area (Å²) in [6, 6.07) is 12.1. The van der Waals surface area contributed by atoms with E-state index in [4.69, 9.17) is 5.73 Å². The summed E-state index contributed by atoms with van der Waals surface area (Å²) >= 11 is 0. The van der Waals surface area contributed by atoms with Crippen LogP contribution in [0.25, 0.3) is 17.1 Å². The molecule has 0 bridgehead atoms. The highest BCUT2D eigenvalue weighted by molar-refractivity contribution is 5.65. The van der Waals surface area contributed by atoms with Gasteiger partial charge in [-0.25, -0.2) is 0 Å². The quantitative estimate of drug-likeness (QED) is 0.732. The van der Waals surface area contributed by atoms with Crippen LogP contribution < -0.4 is 5.73 Å². The third-order valence-corrected chi connectivity index (χ3v) is 3.60. The molecule has 5 nitrogen and oxygen atoms in total. The van der Waals surface area contributed by atoms with Gasteiger partial charge in [-0.3, -0.25) is 0 Å². The second kappa shape index (κ2) is 5.01. The normalized spacial score (nSPS) is 10.8. The molecule has 0 fully saturated rings. The van der Waals surface area contributed by atoms with Crippen LogP contribution in [0.2, 0.25) is 0 Å². The summed E-state index contributed by atoms with van der Waals surface area (Å²) < 4.78 is 1.76. The predicted molar refractivity (Wildman–Crippen MR) is 83.2 cm³/mol. The molecule has 2 N–H and O–H groups in total. The second-order valence-corrected chi connectivity index (χ2v) is 5.28. The minimum atomic E-state index is 0.690. The van der Waals surface area contributed by atoms with Crippen molar-refractivity contribution in [1.82, 2.24) is 20.2 Å². The molecule has 5 heteroatoms. The van der Waals surface area contributed by atoms with Crippen molar-refractivity contribution in [2.24, 2.45) is 0 Å². The van der Waals surface area contributed by atoms with Crippen LogP contribution in [0.1, 0.15) is 16.7 Å². The van der Waals surface area contributed by atoms with Crippen LogP contribution in [0.5, 0.6) is 0 Å². The maximum Gasteiger partial charge on any atom is 0.187 e. The number of hydrogen-bond donors (Lipinski definition) is 1. The molecule has 0 saturated carbocycles. The van der Waals surface area contributed by atoms with Gasteiger partial charge in [0.1, 0.15) is 0 Å². The van der Waals surface area contributed by atoms with E-state index in [1.165, 1.54) is 5.56 Å². The molecule has 106 valence electrons. The van der Waals surface area contributed by atoms with Gasteiger partial charge in [0.15, 0.2) is 5.82 Å². The van der Waals surface area contributed by atoms with Crippen molar-refractivity contribution in [1.29, 1.82) is 0 Å². The molecular weight excluding hydrogens is 262 g/mol. The van der Waals surface area contributed by atoms with Crippen LogP contribution in [-0.4, -0.2) is 20.2 Å². The summed E-state index contributed by atoms with van der Waals surface area (Å²) in [7, 11) is 0. The molecule has 2 aromatic carbocycles. The first-order valence-electron chi connectivity index (χ1n) is 6.79. The number of anilines is 1. The Morgan fingerprint density at radius 1 is 0.952 bits per heavy atom. The number of aryl methyl sites for hydroxylation is 3. The molecule has 1 aromatic heterocycles. The number of tetrazole rings is 1. The lowest BCUT2D eigenvalue weighted by molar-refractivity contribution is 0.787. The zero-order chi connectivity index (χ0) is 15.0. The number of rotatable bonds is 2. The first-order valence-corrected chi connectivity index (χ1v) is 6.79. The predicted octanol–water partition coefficient (Wildman–Crippen LogP) is 2.84. The van der Waals surface area contributed by atoms with Gasteiger partial charge < -0.3 is 5.73 Å². The fraction of sp³-hybridized carbons (Fsp3) is 0.188. The summed E-state index contributed by atoms with van der Waals surface area (Å²) in [6.07, 6.45) is 0. The lowest BCUT2D eigenvalue weighted by Crippen LogP contribution is -2.03. The molecule has 0 unspecified atom stereocenters. The number of nitrogen functional groups attached to an aromatic ring is 1. The fourth-order valence-electron chi connectivity index (χ4n) is 2.26. The van der Waals surface area contributed by atoms with Gasteiger partial charge in [-0.05, 0) is 60.0 Å². The van der Waals surface area contributed by atoms with Crippen molar-refractivity contribution in [3.05, 3.63) is 53.1 Å². The summed E-state index contributed by atoms with van der Waals surface area (Å²) in [6.45, 7) is 6.08. The van der Waals surface area contributed by atoms with Crippen LogP contribution in [0.15, 0.2) is 36.4 Å². The molecule has 0 aliphatic heterocycles. The lowest BCUT2D eigenvalue weighted by Gasteiger charge is -2.09. The molecule has 0 radical (unpaired) electrons. The summed E-state index contributed by atoms with van der Waals surface area (Å²) in [5.41, 5.74) is 12.0. The molecule has 21 heavy (non-hydrogen) atoms. The van der Waals surface area contributed by atoms with Crippen molar-refractivity contribution in [3.63, 3.8) is 0 Å². The van der Waals surface area contributed by atoms with Gasteiger partial charge in [0, 0.05) is 11.3 Å². The van der Waals surface area contributed by atoms with Crippen molar-refractivity contribution < 1.29 is 0 Å². The first kappa shape index (κ1) is 13.3. The smallest absolute Gasteiger partial charge is 0.187 e. The van der Waals surface area contributed by atoms with Crippen LogP contribution in [0.3, 0.4) is 0 Å². The van der Waals surface area contributed by atoms with E-state index in [1.54, 1.807) is 4.68 Å². The van der Waals surface area contributed by atoms with Gasteiger partial charge in [-0.2, -0.15) is 4.68 Å². The molecule has 1 heterocycles. The second-order valence-electron chi connectivity index (χ2n) is 5.28. The third kappa shape index (κ3) is 2.38. The van der Waals surface area contributed by atoms with E-state index in [2.05, 4.69) is 40.6 Å². The van der Waals surface area contributed by atoms with Gasteiger partial charge in [0.05, 0.1) is 5.69 Å². The van der Waals surface area contributed by atoms with Crippen LogP contribution >= 0.6 is 0 Å². The van der Waals surface area contributed by atoms with Crippen molar-refractivity contribution in [3.8, 4) is 17.1 Å². The molecule has 0 amide bonds. The van der Waals surface area contributed by atoms with E-state index in [1.807, 2.05) is 32.0 Å². The molecule has 0 saturated heterocycles. The van der Waals surface area contributed by atoms with E-state index in [-0.39, 0.29) is 0 Å². The Hall–Kier alpha value is -2.69. The zero-order valence-corrected chi connectivity index (χ0v) is 12.3. The van der Waals surface area contributed by atoms with E-state index < -0.39 is 0 Å². The SMILES string of the molecule is Cc1ccc(C)c(-n2nnnc2-c2ccc(C)c(N)c2)c1. The Kier molecular flexibility index (Phi) is 3.17. The molecule has 3 aromatic rings. The summed E-state index contributed by atoms with van der Waals surface area (Å²) in [4.78, 5) is 0. The average molecular weight is 279 g/mol. The van der Waals surface area contributed by atoms with Gasteiger partial charge >= 0.3 is 0 Å². The van der Waals surface area contributed by atoms with Gasteiger partial charge in [0.2, 0.25) is 0 Å². The van der Waals surface area contributed by atoms with E-state index >= 15 is 0 Å². The van der Waals surface area contributed by atoms with E-state index in [9.17, 15) is 0 Å². The maximum absolute atomic E-state index is 5.99. The number of benzene rings is 2. The Bertz CT molecular complexity index is 804. The van der Waals surface area contributed by atoms with E-state index in [0.29, 0.717) is 5.82 Å². The highest BCUT2D eigenvalue weighted by atomic mass is 15.5. The third-order valence-electron chi connectivity index (χ3n) is 3.60. The molecule has 3 rings (SSSR count). The zero-order valence-electron chi connectivity index (χ0n) is 12.3. The Balaban J connectivity index is 2.17. The van der Waals surface area contributed by atoms with Gasteiger partial charge in [-0.15, -0.1) is 5.10 Å². The standard InChI is InChI=1S/C16H17N5/c1-10-4-5-12(3)15(8-10)21-16(18-19-20-21)13-7-6-11(2)14(17)9-13/h4-9H,17H2,1-3H3. The molecule has 0 atom stereocenters. The molecular formula is C16H17N5. The minimum Gasteiger partial charge on any atom is -0.398 e. The minimum absolute atomic E-state index is 0.690. The fourth-order valence-corrected chi connectivity index (χ4v) is 2.26. The lowest BCUT2D eigenvalue weighted by atomic mass is 10.1. The Morgan fingerprint density at radius 2 is 1.71 bits per heavy atom. The Morgan fingerprint density at radius 3 is 2.48 bits per heavy atom. The number of hydrogen-bond acceptors (Lipinski definition) is 4. The highest BCUT2D eigenvalue weighted by Gasteiger charge is 2.13. The number of nitrogens with two attached hydrogens (primary N) is 1.